The van der Waals surface area contributed by atoms with E-state index < -0.39 is 22.2 Å². The number of sulfonamides is 1. The fourth-order valence-electron chi connectivity index (χ4n) is 4.16. The van der Waals surface area contributed by atoms with Crippen LogP contribution < -0.4 is 4.74 Å². The van der Waals surface area contributed by atoms with E-state index >= 15 is 0 Å². The third-order valence-electron chi connectivity index (χ3n) is 6.42. The summed E-state index contributed by atoms with van der Waals surface area (Å²) in [6.45, 7) is 3.86. The van der Waals surface area contributed by atoms with Gasteiger partial charge in [-0.15, -0.1) is 0 Å². The van der Waals surface area contributed by atoms with Gasteiger partial charge in [0.1, 0.15) is 16.7 Å². The monoisotopic (exact) mass is 473 g/mol. The molecule has 0 bridgehead atoms. The van der Waals surface area contributed by atoms with Crippen LogP contribution in [0.5, 0.6) is 5.75 Å². The Morgan fingerprint density at radius 1 is 1.30 bits per heavy atom. The number of benzene rings is 1. The molecule has 3 atom stereocenters. The summed E-state index contributed by atoms with van der Waals surface area (Å²) in [6, 6.07) is 8.14. The standard InChI is InChI=1S/C24H31N3O5S/c1-16-13-27(17(2)15-28)33(30,31)23-9-8-19(20-5-4-10-25-12-20)11-21(23)32-22(16)14-26(3)24(29)18-6-7-18/h4-5,8-12,16-18,22,28H,6-7,13-15H2,1-3H3/t16-,17-,22-/m0/s1. The fourth-order valence-corrected chi connectivity index (χ4v) is 5.98. The van der Waals surface area contributed by atoms with Crippen LogP contribution >= 0.6 is 0 Å². The molecular weight excluding hydrogens is 442 g/mol. The summed E-state index contributed by atoms with van der Waals surface area (Å²) in [7, 11) is -2.13. The number of likely N-dealkylation sites (N-methyl/N-ethyl adjacent to an activating group) is 1. The van der Waals surface area contributed by atoms with Crippen molar-refractivity contribution in [2.45, 2.75) is 43.7 Å². The highest BCUT2D eigenvalue weighted by atomic mass is 32.2. The third-order valence-corrected chi connectivity index (χ3v) is 8.44. The van der Waals surface area contributed by atoms with Crippen LogP contribution in [0.15, 0.2) is 47.6 Å². The van der Waals surface area contributed by atoms with E-state index in [9.17, 15) is 18.3 Å². The molecule has 8 nitrogen and oxygen atoms in total. The molecule has 2 heterocycles. The molecule has 1 fully saturated rings. The maximum atomic E-state index is 13.6. The van der Waals surface area contributed by atoms with Crippen LogP contribution in [-0.4, -0.2) is 72.5 Å². The van der Waals surface area contributed by atoms with E-state index in [-0.39, 0.29) is 41.5 Å². The number of carbonyl (C=O) groups is 1. The zero-order valence-electron chi connectivity index (χ0n) is 19.2. The highest BCUT2D eigenvalue weighted by molar-refractivity contribution is 7.89. The second-order valence-corrected chi connectivity index (χ2v) is 11.0. The minimum Gasteiger partial charge on any atom is -0.487 e. The van der Waals surface area contributed by atoms with Gasteiger partial charge in [0.25, 0.3) is 0 Å². The van der Waals surface area contributed by atoms with Crippen LogP contribution in [0.4, 0.5) is 0 Å². The largest absolute Gasteiger partial charge is 0.487 e. The number of amides is 1. The van der Waals surface area contributed by atoms with Crippen molar-refractivity contribution in [3.05, 3.63) is 42.7 Å². The van der Waals surface area contributed by atoms with Crippen LogP contribution in [0.3, 0.4) is 0 Å². The maximum absolute atomic E-state index is 13.6. The van der Waals surface area contributed by atoms with Crippen molar-refractivity contribution in [2.75, 3.05) is 26.7 Å². The van der Waals surface area contributed by atoms with Gasteiger partial charge in [0.15, 0.2) is 0 Å². The number of nitrogens with zero attached hydrogens (tertiary/aromatic N) is 3. The van der Waals surface area contributed by atoms with E-state index in [0.717, 1.165) is 24.0 Å². The third kappa shape index (κ3) is 4.90. The van der Waals surface area contributed by atoms with Crippen LogP contribution in [0.1, 0.15) is 26.7 Å². The Labute approximate surface area is 195 Å². The van der Waals surface area contributed by atoms with E-state index in [1.165, 1.54) is 4.31 Å². The van der Waals surface area contributed by atoms with Gasteiger partial charge in [0, 0.05) is 49.4 Å². The molecule has 4 rings (SSSR count). The molecule has 9 heteroatoms. The first-order chi connectivity index (χ1) is 15.7. The molecule has 1 aliphatic heterocycles. The number of aromatic nitrogens is 1. The van der Waals surface area contributed by atoms with E-state index in [1.807, 2.05) is 19.1 Å². The molecule has 0 saturated heterocycles. The Kier molecular flexibility index (Phi) is 6.74. The molecule has 1 saturated carbocycles. The van der Waals surface area contributed by atoms with E-state index in [1.54, 1.807) is 49.5 Å². The number of pyridine rings is 1. The molecular formula is C24H31N3O5S. The molecule has 1 N–H and O–H groups in total. The first-order valence-corrected chi connectivity index (χ1v) is 12.7. The van der Waals surface area contributed by atoms with Crippen LogP contribution in [0.25, 0.3) is 11.1 Å². The lowest BCUT2D eigenvalue weighted by atomic mass is 10.0. The van der Waals surface area contributed by atoms with E-state index in [4.69, 9.17) is 4.74 Å². The lowest BCUT2D eigenvalue weighted by Crippen LogP contribution is -2.50. The van der Waals surface area contributed by atoms with Gasteiger partial charge in [0.2, 0.25) is 15.9 Å². The quantitative estimate of drug-likeness (QED) is 0.692. The number of aliphatic hydroxyl groups is 1. The van der Waals surface area contributed by atoms with Gasteiger partial charge in [-0.2, -0.15) is 4.31 Å². The smallest absolute Gasteiger partial charge is 0.247 e. The van der Waals surface area contributed by atoms with Gasteiger partial charge >= 0.3 is 0 Å². The number of rotatable bonds is 6. The van der Waals surface area contributed by atoms with Gasteiger partial charge in [-0.3, -0.25) is 9.78 Å². The molecule has 178 valence electrons. The van der Waals surface area contributed by atoms with Crippen molar-refractivity contribution in [1.29, 1.82) is 0 Å². The molecule has 0 spiro atoms. The number of hydrogen-bond donors (Lipinski definition) is 1. The fraction of sp³-hybridized carbons (Fsp3) is 0.500. The summed E-state index contributed by atoms with van der Waals surface area (Å²) in [5.74, 6) is 0.230. The molecule has 0 unspecified atom stereocenters. The number of ether oxygens (including phenoxy) is 1. The summed E-state index contributed by atoms with van der Waals surface area (Å²) in [5.41, 5.74) is 1.63. The molecule has 33 heavy (non-hydrogen) atoms. The normalized spacial score (nSPS) is 23.5. The topological polar surface area (TPSA) is 100 Å². The molecule has 2 aromatic rings. The van der Waals surface area contributed by atoms with Gasteiger partial charge < -0.3 is 14.7 Å². The minimum absolute atomic E-state index is 0.0588. The van der Waals surface area contributed by atoms with Gasteiger partial charge in [-0.1, -0.05) is 19.1 Å². The summed E-state index contributed by atoms with van der Waals surface area (Å²) in [6.07, 6.45) is 4.81. The molecule has 2 aliphatic rings. The molecule has 1 aromatic carbocycles. The lowest BCUT2D eigenvalue weighted by molar-refractivity contribution is -0.132. The molecule has 0 radical (unpaired) electrons. The Morgan fingerprint density at radius 3 is 2.70 bits per heavy atom. The van der Waals surface area contributed by atoms with Gasteiger partial charge in [0.05, 0.1) is 13.2 Å². The first-order valence-electron chi connectivity index (χ1n) is 11.3. The van der Waals surface area contributed by atoms with Crippen LogP contribution in [0.2, 0.25) is 0 Å². The zero-order chi connectivity index (χ0) is 23.8. The van der Waals surface area contributed by atoms with Gasteiger partial charge in [-0.05, 0) is 43.5 Å². The predicted octanol–water partition coefficient (Wildman–Crippen LogP) is 2.39. The second-order valence-electron chi connectivity index (χ2n) is 9.14. The first kappa shape index (κ1) is 23.7. The van der Waals surface area contributed by atoms with Gasteiger partial charge in [-0.25, -0.2) is 8.42 Å². The Bertz CT molecular complexity index is 1100. The van der Waals surface area contributed by atoms with Crippen molar-refractivity contribution in [3.63, 3.8) is 0 Å². The lowest BCUT2D eigenvalue weighted by Gasteiger charge is -2.37. The second kappa shape index (κ2) is 9.40. The van der Waals surface area contributed by atoms with Crippen LogP contribution in [0, 0.1) is 11.8 Å². The summed E-state index contributed by atoms with van der Waals surface area (Å²) < 4.78 is 34.8. The average Bonchev–Trinajstić information content (AvgIpc) is 3.66. The van der Waals surface area contributed by atoms with Crippen molar-refractivity contribution in [3.8, 4) is 16.9 Å². The van der Waals surface area contributed by atoms with Crippen LogP contribution in [-0.2, 0) is 14.8 Å². The highest BCUT2D eigenvalue weighted by Gasteiger charge is 2.39. The maximum Gasteiger partial charge on any atom is 0.247 e. The zero-order valence-corrected chi connectivity index (χ0v) is 20.0. The SMILES string of the molecule is C[C@H]1CN([C@@H](C)CO)S(=O)(=O)c2ccc(-c3cccnc3)cc2O[C@H]1CN(C)C(=O)C1CC1. The van der Waals surface area contributed by atoms with E-state index in [0.29, 0.717) is 6.54 Å². The predicted molar refractivity (Wildman–Crippen MR) is 124 cm³/mol. The molecule has 1 aliphatic carbocycles. The number of hydrogen-bond acceptors (Lipinski definition) is 6. The Morgan fingerprint density at radius 2 is 2.06 bits per heavy atom. The molecule has 1 amide bonds. The van der Waals surface area contributed by atoms with Crippen molar-refractivity contribution in [2.24, 2.45) is 11.8 Å². The minimum atomic E-state index is -3.91. The Hall–Kier alpha value is -2.49. The summed E-state index contributed by atoms with van der Waals surface area (Å²) >= 11 is 0. The Balaban J connectivity index is 1.76. The highest BCUT2D eigenvalue weighted by Crippen LogP contribution is 2.37. The van der Waals surface area contributed by atoms with E-state index in [2.05, 4.69) is 4.98 Å². The summed E-state index contributed by atoms with van der Waals surface area (Å²) in [5, 5.41) is 9.76. The average molecular weight is 474 g/mol. The summed E-state index contributed by atoms with van der Waals surface area (Å²) in [4.78, 5) is 18.5. The molecule has 1 aromatic heterocycles. The number of carbonyl (C=O) groups excluding carboxylic acids is 1. The number of aliphatic hydroxyl groups excluding tert-OH is 1. The van der Waals surface area contributed by atoms with Crippen molar-refractivity contribution in [1.82, 2.24) is 14.2 Å². The van der Waals surface area contributed by atoms with Crippen molar-refractivity contribution < 1.29 is 23.1 Å². The van der Waals surface area contributed by atoms with Crippen molar-refractivity contribution >= 4 is 15.9 Å². The number of fused-ring (bicyclic) bond motifs is 1.